The molecule has 0 aromatic heterocycles. The monoisotopic (exact) mass is 345 g/mol. The van der Waals surface area contributed by atoms with Crippen LogP contribution in [0, 0.1) is 0 Å². The maximum absolute atomic E-state index is 10.2. The predicted octanol–water partition coefficient (Wildman–Crippen LogP) is 2.54. The molecule has 0 saturated heterocycles. The Labute approximate surface area is 148 Å². The molecule has 0 fully saturated rings. The van der Waals surface area contributed by atoms with Gasteiger partial charge in [0.05, 0.1) is 19.3 Å². The van der Waals surface area contributed by atoms with Crippen LogP contribution in [0.2, 0.25) is 0 Å². The van der Waals surface area contributed by atoms with Gasteiger partial charge in [-0.1, -0.05) is 25.1 Å². The number of aromatic hydroxyl groups is 1. The normalized spacial score (nSPS) is 12.1. The van der Waals surface area contributed by atoms with Crippen molar-refractivity contribution in [2.75, 3.05) is 19.7 Å². The summed E-state index contributed by atoms with van der Waals surface area (Å²) in [5.41, 5.74) is 2.30. The van der Waals surface area contributed by atoms with Crippen LogP contribution in [-0.2, 0) is 13.0 Å². The number of ether oxygens (including phenoxy) is 1. The Kier molecular flexibility index (Phi) is 7.73. The highest BCUT2D eigenvalue weighted by molar-refractivity contribution is 5.36. The summed E-state index contributed by atoms with van der Waals surface area (Å²) in [6, 6.07) is 12.8. The van der Waals surface area contributed by atoms with Crippen molar-refractivity contribution in [1.29, 1.82) is 0 Å². The average Bonchev–Trinajstić information content (AvgIpc) is 2.64. The van der Waals surface area contributed by atoms with E-state index in [4.69, 9.17) is 9.84 Å². The highest BCUT2D eigenvalue weighted by Crippen LogP contribution is 2.22. The lowest BCUT2D eigenvalue weighted by Gasteiger charge is -2.14. The Hall–Kier alpha value is -2.08. The second kappa shape index (κ2) is 10.0. The van der Waals surface area contributed by atoms with E-state index in [0.717, 1.165) is 31.7 Å². The van der Waals surface area contributed by atoms with Gasteiger partial charge in [-0.15, -0.1) is 0 Å². The third-order valence-corrected chi connectivity index (χ3v) is 3.98. The lowest BCUT2D eigenvalue weighted by atomic mass is 10.1. The lowest BCUT2D eigenvalue weighted by molar-refractivity contribution is 0.174. The van der Waals surface area contributed by atoms with Gasteiger partial charge in [-0.3, -0.25) is 0 Å². The van der Waals surface area contributed by atoms with Crippen LogP contribution in [0.25, 0.3) is 0 Å². The molecule has 0 heterocycles. The molecule has 2 aromatic carbocycles. The second-order valence-corrected chi connectivity index (χ2v) is 6.01. The minimum Gasteiger partial charge on any atom is -0.508 e. The zero-order chi connectivity index (χ0) is 18.1. The molecular weight excluding hydrogens is 318 g/mol. The summed E-state index contributed by atoms with van der Waals surface area (Å²) in [5.74, 6) is 0.929. The van der Waals surface area contributed by atoms with Crippen LogP contribution in [0.4, 0.5) is 0 Å². The highest BCUT2D eigenvalue weighted by atomic mass is 16.5. The Morgan fingerprint density at radius 1 is 1.12 bits per heavy atom. The molecule has 136 valence electrons. The molecular formula is C20H27NO4. The highest BCUT2D eigenvalue weighted by Gasteiger charge is 2.10. The van der Waals surface area contributed by atoms with Crippen molar-refractivity contribution in [3.63, 3.8) is 0 Å². The van der Waals surface area contributed by atoms with Gasteiger partial charge < -0.3 is 25.4 Å². The van der Waals surface area contributed by atoms with Crippen molar-refractivity contribution in [1.82, 2.24) is 5.32 Å². The summed E-state index contributed by atoms with van der Waals surface area (Å²) in [6.45, 7) is 3.72. The fourth-order valence-corrected chi connectivity index (χ4v) is 2.50. The Morgan fingerprint density at radius 3 is 2.56 bits per heavy atom. The van der Waals surface area contributed by atoms with Crippen LogP contribution in [0.15, 0.2) is 42.5 Å². The predicted molar refractivity (Wildman–Crippen MR) is 97.8 cm³/mol. The summed E-state index contributed by atoms with van der Waals surface area (Å²) >= 11 is 0. The maximum atomic E-state index is 10.2. The Morgan fingerprint density at radius 2 is 1.88 bits per heavy atom. The van der Waals surface area contributed by atoms with E-state index >= 15 is 0 Å². The van der Waals surface area contributed by atoms with Crippen LogP contribution in [-0.4, -0.2) is 35.0 Å². The minimum absolute atomic E-state index is 0.0396. The van der Waals surface area contributed by atoms with Gasteiger partial charge in [0.1, 0.15) is 11.5 Å². The van der Waals surface area contributed by atoms with Crippen LogP contribution in [0.1, 0.15) is 36.1 Å². The third-order valence-electron chi connectivity index (χ3n) is 3.98. The van der Waals surface area contributed by atoms with E-state index in [9.17, 15) is 10.2 Å². The molecule has 0 aliphatic heterocycles. The van der Waals surface area contributed by atoms with Crippen LogP contribution in [0.3, 0.4) is 0 Å². The molecule has 5 nitrogen and oxygen atoms in total. The first-order valence-electron chi connectivity index (χ1n) is 8.67. The molecule has 2 aromatic rings. The van der Waals surface area contributed by atoms with Crippen LogP contribution < -0.4 is 10.1 Å². The first kappa shape index (κ1) is 19.2. The molecule has 0 bridgehead atoms. The largest absolute Gasteiger partial charge is 0.508 e. The lowest BCUT2D eigenvalue weighted by Crippen LogP contribution is -2.23. The molecule has 4 N–H and O–H groups in total. The Balaban J connectivity index is 1.75. The third kappa shape index (κ3) is 6.05. The molecule has 0 spiro atoms. The van der Waals surface area contributed by atoms with E-state index in [1.165, 1.54) is 11.6 Å². The van der Waals surface area contributed by atoms with E-state index in [-0.39, 0.29) is 12.4 Å². The Bertz CT molecular complexity index is 643. The van der Waals surface area contributed by atoms with Crippen LogP contribution in [0.5, 0.6) is 11.5 Å². The number of hydrogen-bond donors (Lipinski definition) is 4. The molecule has 1 atom stereocenters. The number of nitrogens with one attached hydrogen (secondary N) is 1. The van der Waals surface area contributed by atoms with Crippen molar-refractivity contribution in [2.45, 2.75) is 32.5 Å². The maximum Gasteiger partial charge on any atom is 0.121 e. The first-order chi connectivity index (χ1) is 12.1. The van der Waals surface area contributed by atoms with Gasteiger partial charge in [0.15, 0.2) is 0 Å². The molecule has 0 aliphatic carbocycles. The summed E-state index contributed by atoms with van der Waals surface area (Å²) in [5, 5.41) is 32.2. The van der Waals surface area contributed by atoms with Crippen molar-refractivity contribution in [3.05, 3.63) is 59.2 Å². The average molecular weight is 345 g/mol. The van der Waals surface area contributed by atoms with Gasteiger partial charge >= 0.3 is 0 Å². The quantitative estimate of drug-likeness (QED) is 0.498. The fourth-order valence-electron chi connectivity index (χ4n) is 2.50. The van der Waals surface area contributed by atoms with Gasteiger partial charge in [-0.2, -0.15) is 0 Å². The van der Waals surface area contributed by atoms with E-state index in [1.54, 1.807) is 12.1 Å². The molecule has 0 amide bonds. The van der Waals surface area contributed by atoms with Gasteiger partial charge in [-0.25, -0.2) is 0 Å². The van der Waals surface area contributed by atoms with Gasteiger partial charge in [0.25, 0.3) is 0 Å². The smallest absolute Gasteiger partial charge is 0.121 e. The molecule has 0 radical (unpaired) electrons. The van der Waals surface area contributed by atoms with E-state index in [2.05, 4.69) is 24.4 Å². The molecule has 0 aliphatic rings. The van der Waals surface area contributed by atoms with Crippen molar-refractivity contribution >= 4 is 0 Å². The zero-order valence-corrected chi connectivity index (χ0v) is 14.6. The molecule has 1 unspecified atom stereocenters. The number of aliphatic hydroxyl groups is 2. The number of rotatable bonds is 10. The summed E-state index contributed by atoms with van der Waals surface area (Å²) in [6.07, 6.45) is 1.17. The van der Waals surface area contributed by atoms with E-state index in [0.29, 0.717) is 17.7 Å². The SMILES string of the molecule is CCCOc1ccc(CCNCC(O)c2ccc(O)c(CO)c2)cc1. The van der Waals surface area contributed by atoms with Crippen LogP contribution >= 0.6 is 0 Å². The van der Waals surface area contributed by atoms with Gasteiger partial charge in [0.2, 0.25) is 0 Å². The number of hydrogen-bond acceptors (Lipinski definition) is 5. The fraction of sp³-hybridized carbons (Fsp3) is 0.400. The number of benzene rings is 2. The van der Waals surface area contributed by atoms with E-state index in [1.807, 2.05) is 12.1 Å². The summed E-state index contributed by atoms with van der Waals surface area (Å²) < 4.78 is 5.56. The van der Waals surface area contributed by atoms with Crippen molar-refractivity contribution in [2.24, 2.45) is 0 Å². The second-order valence-electron chi connectivity index (χ2n) is 6.01. The number of phenols is 1. The molecule has 2 rings (SSSR count). The molecule has 0 saturated carbocycles. The summed E-state index contributed by atoms with van der Waals surface area (Å²) in [4.78, 5) is 0. The van der Waals surface area contributed by atoms with Gasteiger partial charge in [0, 0.05) is 12.1 Å². The molecule has 5 heteroatoms. The summed E-state index contributed by atoms with van der Waals surface area (Å²) in [7, 11) is 0. The number of aliphatic hydroxyl groups excluding tert-OH is 2. The van der Waals surface area contributed by atoms with Crippen molar-refractivity contribution < 1.29 is 20.1 Å². The van der Waals surface area contributed by atoms with E-state index < -0.39 is 6.10 Å². The van der Waals surface area contributed by atoms with Gasteiger partial charge in [-0.05, 0) is 54.8 Å². The minimum atomic E-state index is -0.685. The zero-order valence-electron chi connectivity index (χ0n) is 14.6. The van der Waals surface area contributed by atoms with Crippen molar-refractivity contribution in [3.8, 4) is 11.5 Å². The molecule has 25 heavy (non-hydrogen) atoms. The topological polar surface area (TPSA) is 82.0 Å². The standard InChI is InChI=1S/C20H27NO4/c1-2-11-25-18-6-3-15(4-7-18)9-10-21-13-20(24)16-5-8-19(23)17(12-16)14-22/h3-8,12,20-24H,2,9-11,13-14H2,1H3. The first-order valence-corrected chi connectivity index (χ1v) is 8.67.